The summed E-state index contributed by atoms with van der Waals surface area (Å²) in [5.41, 5.74) is 0.991. The molecule has 0 radical (unpaired) electrons. The van der Waals surface area contributed by atoms with Crippen LogP contribution in [0.1, 0.15) is 35.8 Å². The molecule has 4 heteroatoms. The van der Waals surface area contributed by atoms with E-state index in [-0.39, 0.29) is 5.69 Å². The number of hydrogen-bond donors (Lipinski definition) is 1. The van der Waals surface area contributed by atoms with Crippen molar-refractivity contribution in [2.75, 3.05) is 6.54 Å². The van der Waals surface area contributed by atoms with Crippen LogP contribution in [0.25, 0.3) is 0 Å². The Balaban J connectivity index is 2.15. The van der Waals surface area contributed by atoms with Gasteiger partial charge in [0.25, 0.3) is 0 Å². The third kappa shape index (κ3) is 2.39. The molecule has 1 aromatic rings. The Kier molecular flexibility index (Phi) is 3.19. The van der Waals surface area contributed by atoms with Gasteiger partial charge in [0.1, 0.15) is 0 Å². The van der Waals surface area contributed by atoms with Crippen LogP contribution >= 0.6 is 0 Å². The Morgan fingerprint density at radius 1 is 1.62 bits per heavy atom. The van der Waals surface area contributed by atoms with Crippen LogP contribution < -0.4 is 0 Å². The number of carboxylic acid groups (broad SMARTS) is 1. The van der Waals surface area contributed by atoms with E-state index in [0.29, 0.717) is 12.6 Å². The molecule has 0 saturated heterocycles. The lowest BCUT2D eigenvalue weighted by Gasteiger charge is -2.20. The second-order valence-electron chi connectivity index (χ2n) is 4.11. The first-order valence-corrected chi connectivity index (χ1v) is 5.63. The Bertz CT molecular complexity index is 388. The lowest BCUT2D eigenvalue weighted by molar-refractivity contribution is 0.0687. The Morgan fingerprint density at radius 2 is 2.38 bits per heavy atom. The molecule has 86 valence electrons. The third-order valence-electron chi connectivity index (χ3n) is 2.94. The summed E-state index contributed by atoms with van der Waals surface area (Å²) in [6.45, 7) is 3.75. The SMILES string of the molecule is CCN(Cc1cccnc1C(=O)O)C1CC1. The van der Waals surface area contributed by atoms with Gasteiger partial charge in [0.15, 0.2) is 5.69 Å². The van der Waals surface area contributed by atoms with Gasteiger partial charge in [-0.3, -0.25) is 4.90 Å². The number of aromatic carboxylic acids is 1. The molecule has 0 unspecified atom stereocenters. The number of carboxylic acids is 1. The molecule has 16 heavy (non-hydrogen) atoms. The number of nitrogens with zero attached hydrogens (tertiary/aromatic N) is 2. The average Bonchev–Trinajstić information content (AvgIpc) is 3.10. The van der Waals surface area contributed by atoms with Crippen LogP contribution in [0.15, 0.2) is 18.3 Å². The van der Waals surface area contributed by atoms with Crippen molar-refractivity contribution in [1.29, 1.82) is 0 Å². The molecule has 1 heterocycles. The summed E-state index contributed by atoms with van der Waals surface area (Å²) in [5.74, 6) is -0.942. The van der Waals surface area contributed by atoms with Crippen molar-refractivity contribution < 1.29 is 9.90 Å². The van der Waals surface area contributed by atoms with Gasteiger partial charge in [-0.25, -0.2) is 9.78 Å². The van der Waals surface area contributed by atoms with Gasteiger partial charge in [-0.05, 0) is 31.0 Å². The Hall–Kier alpha value is -1.42. The summed E-state index contributed by atoms with van der Waals surface area (Å²) >= 11 is 0. The summed E-state index contributed by atoms with van der Waals surface area (Å²) in [4.78, 5) is 17.2. The quantitative estimate of drug-likeness (QED) is 0.821. The van der Waals surface area contributed by atoms with Crippen molar-refractivity contribution >= 4 is 5.97 Å². The van der Waals surface area contributed by atoms with Crippen LogP contribution in [0.3, 0.4) is 0 Å². The molecule has 1 aliphatic rings. The second kappa shape index (κ2) is 4.61. The maximum atomic E-state index is 11.0. The van der Waals surface area contributed by atoms with E-state index in [0.717, 1.165) is 12.1 Å². The highest BCUT2D eigenvalue weighted by Gasteiger charge is 2.28. The van der Waals surface area contributed by atoms with Crippen molar-refractivity contribution in [2.45, 2.75) is 32.4 Å². The monoisotopic (exact) mass is 220 g/mol. The summed E-state index contributed by atoms with van der Waals surface area (Å²) in [6.07, 6.45) is 3.99. The highest BCUT2D eigenvalue weighted by molar-refractivity contribution is 5.86. The van der Waals surface area contributed by atoms with Crippen LogP contribution in [-0.4, -0.2) is 33.5 Å². The molecule has 0 spiro atoms. The van der Waals surface area contributed by atoms with Gasteiger partial charge in [0.05, 0.1) is 0 Å². The molecule has 0 amide bonds. The molecule has 1 saturated carbocycles. The predicted octanol–water partition coefficient (Wildman–Crippen LogP) is 1.76. The molecule has 1 N–H and O–H groups in total. The van der Waals surface area contributed by atoms with Gasteiger partial charge >= 0.3 is 5.97 Å². The number of hydrogen-bond acceptors (Lipinski definition) is 3. The van der Waals surface area contributed by atoms with Gasteiger partial charge < -0.3 is 5.11 Å². The second-order valence-corrected chi connectivity index (χ2v) is 4.11. The number of carbonyl (C=O) groups is 1. The van der Waals surface area contributed by atoms with Crippen molar-refractivity contribution in [2.24, 2.45) is 0 Å². The molecule has 0 bridgehead atoms. The van der Waals surface area contributed by atoms with Crippen molar-refractivity contribution in [3.63, 3.8) is 0 Å². The third-order valence-corrected chi connectivity index (χ3v) is 2.94. The van der Waals surface area contributed by atoms with Crippen LogP contribution in [0.4, 0.5) is 0 Å². The van der Waals surface area contributed by atoms with E-state index in [1.807, 2.05) is 6.07 Å². The molecule has 1 aliphatic carbocycles. The molecular formula is C12H16N2O2. The molecule has 2 rings (SSSR count). The van der Waals surface area contributed by atoms with Gasteiger partial charge in [-0.2, -0.15) is 0 Å². The summed E-state index contributed by atoms with van der Waals surface area (Å²) < 4.78 is 0. The van der Waals surface area contributed by atoms with Crippen molar-refractivity contribution in [3.05, 3.63) is 29.6 Å². The summed E-state index contributed by atoms with van der Waals surface area (Å²) in [6, 6.07) is 4.29. The zero-order valence-electron chi connectivity index (χ0n) is 9.39. The number of pyridine rings is 1. The highest BCUT2D eigenvalue weighted by atomic mass is 16.4. The van der Waals surface area contributed by atoms with Crippen LogP contribution in [0, 0.1) is 0 Å². The zero-order chi connectivity index (χ0) is 11.5. The van der Waals surface area contributed by atoms with Crippen molar-refractivity contribution in [3.8, 4) is 0 Å². The van der Waals surface area contributed by atoms with E-state index in [2.05, 4.69) is 16.8 Å². The molecular weight excluding hydrogens is 204 g/mol. The highest BCUT2D eigenvalue weighted by Crippen LogP contribution is 2.28. The minimum Gasteiger partial charge on any atom is -0.477 e. The van der Waals surface area contributed by atoms with Crippen LogP contribution in [0.5, 0.6) is 0 Å². The molecule has 0 aliphatic heterocycles. The fourth-order valence-corrected chi connectivity index (χ4v) is 1.92. The van der Waals surface area contributed by atoms with E-state index in [9.17, 15) is 4.79 Å². The largest absolute Gasteiger partial charge is 0.477 e. The van der Waals surface area contributed by atoms with Gasteiger partial charge in [-0.1, -0.05) is 13.0 Å². The lowest BCUT2D eigenvalue weighted by Crippen LogP contribution is -2.26. The normalized spacial score (nSPS) is 15.4. The van der Waals surface area contributed by atoms with E-state index in [1.54, 1.807) is 6.07 Å². The number of rotatable bonds is 5. The maximum Gasteiger partial charge on any atom is 0.354 e. The fourth-order valence-electron chi connectivity index (χ4n) is 1.92. The van der Waals surface area contributed by atoms with E-state index in [1.165, 1.54) is 19.0 Å². The topological polar surface area (TPSA) is 53.4 Å². The average molecular weight is 220 g/mol. The molecule has 4 nitrogen and oxygen atoms in total. The van der Waals surface area contributed by atoms with Crippen molar-refractivity contribution in [1.82, 2.24) is 9.88 Å². The minimum atomic E-state index is -0.942. The van der Waals surface area contributed by atoms with Crippen LogP contribution in [-0.2, 0) is 6.54 Å². The minimum absolute atomic E-state index is 0.182. The van der Waals surface area contributed by atoms with Gasteiger partial charge in [0, 0.05) is 18.8 Å². The standard InChI is InChI=1S/C12H16N2O2/c1-2-14(10-5-6-10)8-9-4-3-7-13-11(9)12(15)16/h3-4,7,10H,2,5-6,8H2,1H3,(H,15,16). The van der Waals surface area contributed by atoms with E-state index >= 15 is 0 Å². The van der Waals surface area contributed by atoms with Gasteiger partial charge in [-0.15, -0.1) is 0 Å². The maximum absolute atomic E-state index is 11.0. The molecule has 1 fully saturated rings. The first kappa shape index (κ1) is 11.1. The van der Waals surface area contributed by atoms with E-state index < -0.39 is 5.97 Å². The Labute approximate surface area is 94.9 Å². The van der Waals surface area contributed by atoms with E-state index in [4.69, 9.17) is 5.11 Å². The lowest BCUT2D eigenvalue weighted by atomic mass is 10.2. The first-order valence-electron chi connectivity index (χ1n) is 5.63. The zero-order valence-corrected chi connectivity index (χ0v) is 9.39. The fraction of sp³-hybridized carbons (Fsp3) is 0.500. The smallest absolute Gasteiger partial charge is 0.354 e. The number of aromatic nitrogens is 1. The summed E-state index contributed by atoms with van der Waals surface area (Å²) in [5, 5.41) is 9.02. The molecule has 1 aromatic heterocycles. The summed E-state index contributed by atoms with van der Waals surface area (Å²) in [7, 11) is 0. The molecule has 0 atom stereocenters. The van der Waals surface area contributed by atoms with Crippen LogP contribution in [0.2, 0.25) is 0 Å². The molecule has 0 aromatic carbocycles. The Morgan fingerprint density at radius 3 is 2.94 bits per heavy atom. The first-order chi connectivity index (χ1) is 7.72. The predicted molar refractivity (Wildman–Crippen MR) is 60.3 cm³/mol. The van der Waals surface area contributed by atoms with Gasteiger partial charge in [0.2, 0.25) is 0 Å².